The fourth-order valence-corrected chi connectivity index (χ4v) is 2.41. The van der Waals surface area contributed by atoms with Gasteiger partial charge in [-0.25, -0.2) is 0 Å². The van der Waals surface area contributed by atoms with Crippen molar-refractivity contribution in [1.82, 2.24) is 4.90 Å². The molecule has 1 aliphatic heterocycles. The molecule has 2 heteroatoms. The molecule has 1 aliphatic rings. The van der Waals surface area contributed by atoms with Crippen molar-refractivity contribution in [3.05, 3.63) is 35.4 Å². The van der Waals surface area contributed by atoms with Gasteiger partial charge in [-0.3, -0.25) is 4.79 Å². The summed E-state index contributed by atoms with van der Waals surface area (Å²) < 4.78 is 0. The molecule has 0 aromatic heterocycles. The molecule has 92 valence electrons. The number of hydrogen-bond acceptors (Lipinski definition) is 2. The summed E-state index contributed by atoms with van der Waals surface area (Å²) >= 11 is 0. The van der Waals surface area contributed by atoms with Crippen molar-refractivity contribution in [2.75, 3.05) is 19.6 Å². The predicted molar refractivity (Wildman–Crippen MR) is 70.4 cm³/mol. The van der Waals surface area contributed by atoms with E-state index in [1.165, 1.54) is 44.3 Å². The van der Waals surface area contributed by atoms with Crippen LogP contribution in [0.4, 0.5) is 0 Å². The van der Waals surface area contributed by atoms with Gasteiger partial charge in [-0.1, -0.05) is 37.1 Å². The highest BCUT2D eigenvalue weighted by atomic mass is 16.1. The summed E-state index contributed by atoms with van der Waals surface area (Å²) in [4.78, 5) is 13.1. The molecule has 2 nitrogen and oxygen atoms in total. The zero-order valence-electron chi connectivity index (χ0n) is 10.4. The number of likely N-dealkylation sites (tertiary alicyclic amines) is 1. The van der Waals surface area contributed by atoms with Gasteiger partial charge in [0.05, 0.1) is 0 Å². The van der Waals surface area contributed by atoms with Crippen molar-refractivity contribution in [3.8, 4) is 0 Å². The van der Waals surface area contributed by atoms with E-state index >= 15 is 0 Å². The van der Waals surface area contributed by atoms with Crippen LogP contribution in [-0.2, 0) is 6.42 Å². The molecule has 1 fully saturated rings. The largest absolute Gasteiger partial charge is 0.303 e. The highest BCUT2D eigenvalue weighted by molar-refractivity contribution is 5.74. The maximum absolute atomic E-state index is 10.6. The number of carbonyl (C=O) groups is 1. The Kier molecular flexibility index (Phi) is 4.75. The van der Waals surface area contributed by atoms with Gasteiger partial charge in [0.25, 0.3) is 0 Å². The van der Waals surface area contributed by atoms with Gasteiger partial charge in [0.1, 0.15) is 6.29 Å². The van der Waals surface area contributed by atoms with E-state index in [1.54, 1.807) is 0 Å². The minimum atomic E-state index is 0.767. The van der Waals surface area contributed by atoms with Gasteiger partial charge < -0.3 is 4.90 Å². The quantitative estimate of drug-likeness (QED) is 0.743. The first-order valence-corrected chi connectivity index (χ1v) is 6.65. The van der Waals surface area contributed by atoms with E-state index in [2.05, 4.69) is 17.0 Å². The SMILES string of the molecule is O=Cc1ccc(CCN2CCCCCC2)cc1. The molecule has 0 aliphatic carbocycles. The van der Waals surface area contributed by atoms with E-state index < -0.39 is 0 Å². The lowest BCUT2D eigenvalue weighted by Gasteiger charge is -2.19. The maximum Gasteiger partial charge on any atom is 0.150 e. The fourth-order valence-electron chi connectivity index (χ4n) is 2.41. The highest BCUT2D eigenvalue weighted by Crippen LogP contribution is 2.11. The number of rotatable bonds is 4. The molecule has 0 atom stereocenters. The third kappa shape index (κ3) is 3.97. The number of aldehydes is 1. The standard InChI is InChI=1S/C15H21NO/c17-13-15-7-5-14(6-8-15)9-12-16-10-3-1-2-4-11-16/h5-8,13H,1-4,9-12H2. The lowest BCUT2D eigenvalue weighted by molar-refractivity contribution is 0.112. The molecule has 0 spiro atoms. The van der Waals surface area contributed by atoms with Gasteiger partial charge in [0, 0.05) is 12.1 Å². The van der Waals surface area contributed by atoms with Crippen molar-refractivity contribution in [2.45, 2.75) is 32.1 Å². The van der Waals surface area contributed by atoms with Crippen LogP contribution in [0.15, 0.2) is 24.3 Å². The van der Waals surface area contributed by atoms with Crippen LogP contribution in [-0.4, -0.2) is 30.8 Å². The third-order valence-electron chi connectivity index (χ3n) is 3.53. The van der Waals surface area contributed by atoms with Crippen molar-refractivity contribution in [1.29, 1.82) is 0 Å². The first kappa shape index (κ1) is 12.3. The molecule has 1 aromatic carbocycles. The minimum Gasteiger partial charge on any atom is -0.303 e. The zero-order chi connectivity index (χ0) is 11.9. The second-order valence-corrected chi connectivity index (χ2v) is 4.87. The molecule has 2 rings (SSSR count). The van der Waals surface area contributed by atoms with Gasteiger partial charge in [-0.15, -0.1) is 0 Å². The average Bonchev–Trinajstić information content (AvgIpc) is 2.65. The van der Waals surface area contributed by atoms with Crippen LogP contribution in [0.1, 0.15) is 41.6 Å². The molecule has 0 saturated carbocycles. The Bertz CT molecular complexity index is 336. The Morgan fingerprint density at radius 3 is 2.24 bits per heavy atom. The summed E-state index contributed by atoms with van der Waals surface area (Å²) in [5.41, 5.74) is 2.10. The second kappa shape index (κ2) is 6.55. The zero-order valence-corrected chi connectivity index (χ0v) is 10.4. The summed E-state index contributed by atoms with van der Waals surface area (Å²) in [5.74, 6) is 0. The molecule has 0 amide bonds. The van der Waals surface area contributed by atoms with Gasteiger partial charge in [0.15, 0.2) is 0 Å². The monoisotopic (exact) mass is 231 g/mol. The van der Waals surface area contributed by atoms with E-state index in [9.17, 15) is 4.79 Å². The molecular formula is C15H21NO. The smallest absolute Gasteiger partial charge is 0.150 e. The molecule has 17 heavy (non-hydrogen) atoms. The summed E-state index contributed by atoms with van der Waals surface area (Å²) in [6.45, 7) is 3.67. The molecule has 1 saturated heterocycles. The van der Waals surface area contributed by atoms with Crippen LogP contribution in [0.25, 0.3) is 0 Å². The van der Waals surface area contributed by atoms with Crippen molar-refractivity contribution in [3.63, 3.8) is 0 Å². The molecule has 1 heterocycles. The number of carbonyl (C=O) groups excluding carboxylic acids is 1. The van der Waals surface area contributed by atoms with E-state index in [0.29, 0.717) is 0 Å². The Hall–Kier alpha value is -1.15. The van der Waals surface area contributed by atoms with Crippen molar-refractivity contribution >= 4 is 6.29 Å². The summed E-state index contributed by atoms with van der Waals surface area (Å²) in [6, 6.07) is 7.96. The third-order valence-corrected chi connectivity index (χ3v) is 3.53. The van der Waals surface area contributed by atoms with Gasteiger partial charge in [0.2, 0.25) is 0 Å². The average molecular weight is 231 g/mol. The Labute approximate surface area is 104 Å². The van der Waals surface area contributed by atoms with Crippen molar-refractivity contribution in [2.24, 2.45) is 0 Å². The lowest BCUT2D eigenvalue weighted by Crippen LogP contribution is -2.26. The molecule has 0 bridgehead atoms. The summed E-state index contributed by atoms with van der Waals surface area (Å²) in [5, 5.41) is 0. The highest BCUT2D eigenvalue weighted by Gasteiger charge is 2.08. The van der Waals surface area contributed by atoms with Crippen LogP contribution in [0.2, 0.25) is 0 Å². The lowest BCUT2D eigenvalue weighted by atomic mass is 10.1. The molecule has 0 radical (unpaired) electrons. The number of hydrogen-bond donors (Lipinski definition) is 0. The molecule has 0 N–H and O–H groups in total. The Morgan fingerprint density at radius 1 is 1.00 bits per heavy atom. The fraction of sp³-hybridized carbons (Fsp3) is 0.533. The van der Waals surface area contributed by atoms with Crippen molar-refractivity contribution < 1.29 is 4.79 Å². The van der Waals surface area contributed by atoms with Crippen LogP contribution in [0.5, 0.6) is 0 Å². The van der Waals surface area contributed by atoms with E-state index in [1.807, 2.05) is 12.1 Å². The topological polar surface area (TPSA) is 20.3 Å². The predicted octanol–water partition coefficient (Wildman–Crippen LogP) is 2.92. The summed E-state index contributed by atoms with van der Waals surface area (Å²) in [7, 11) is 0. The van der Waals surface area contributed by atoms with Crippen LogP contribution >= 0.6 is 0 Å². The van der Waals surface area contributed by atoms with E-state index in [0.717, 1.165) is 24.8 Å². The Balaban J connectivity index is 1.81. The van der Waals surface area contributed by atoms with Crippen LogP contribution in [0.3, 0.4) is 0 Å². The van der Waals surface area contributed by atoms with E-state index in [4.69, 9.17) is 0 Å². The van der Waals surface area contributed by atoms with Crippen LogP contribution in [0, 0.1) is 0 Å². The normalized spacial score (nSPS) is 17.6. The van der Waals surface area contributed by atoms with Gasteiger partial charge in [-0.2, -0.15) is 0 Å². The number of benzene rings is 1. The molecule has 0 unspecified atom stereocenters. The second-order valence-electron chi connectivity index (χ2n) is 4.87. The first-order valence-electron chi connectivity index (χ1n) is 6.65. The van der Waals surface area contributed by atoms with Gasteiger partial charge >= 0.3 is 0 Å². The molecular weight excluding hydrogens is 210 g/mol. The van der Waals surface area contributed by atoms with Crippen LogP contribution < -0.4 is 0 Å². The van der Waals surface area contributed by atoms with E-state index in [-0.39, 0.29) is 0 Å². The van der Waals surface area contributed by atoms with Gasteiger partial charge in [-0.05, 0) is 37.9 Å². The number of nitrogens with zero attached hydrogens (tertiary/aromatic N) is 1. The summed E-state index contributed by atoms with van der Waals surface area (Å²) in [6.07, 6.45) is 7.49. The maximum atomic E-state index is 10.6. The molecule has 1 aromatic rings. The Morgan fingerprint density at radius 2 is 1.65 bits per heavy atom. The first-order chi connectivity index (χ1) is 8.38. The minimum absolute atomic E-state index is 0.767.